The molecule has 0 aliphatic rings. The van der Waals surface area contributed by atoms with Crippen LogP contribution in [0.1, 0.15) is 73.1 Å². The van der Waals surface area contributed by atoms with Crippen molar-refractivity contribution < 1.29 is 9.22 Å². The number of hydrogen-bond donors (Lipinski definition) is 0. The van der Waals surface area contributed by atoms with Crippen molar-refractivity contribution in [2.45, 2.75) is 91.3 Å². The molecule has 0 unspecified atom stereocenters. The second-order valence-electron chi connectivity index (χ2n) is 6.37. The maximum Gasteiger partial charge on any atom is 0.292 e. The van der Waals surface area contributed by atoms with Crippen molar-refractivity contribution in [2.24, 2.45) is 0 Å². The molecule has 0 aromatic rings. The van der Waals surface area contributed by atoms with Crippen molar-refractivity contribution in [3.63, 3.8) is 0 Å². The standard InChI is InChI=1S/C18H39NO2Si/c1-6-11-15-19(16-12-7-2)17-13-14-18(20)21-22(8-3,9-4)10-5/h6-17H2,1-5H3. The first kappa shape index (κ1) is 21.6. The van der Waals surface area contributed by atoms with Gasteiger partial charge >= 0.3 is 0 Å². The van der Waals surface area contributed by atoms with Gasteiger partial charge < -0.3 is 9.33 Å². The SMILES string of the molecule is CCCCN(CCCC)CCCC(=O)O[Si](CC)(CC)CC. The maximum absolute atomic E-state index is 12.1. The van der Waals surface area contributed by atoms with E-state index in [2.05, 4.69) is 39.5 Å². The number of nitrogens with zero attached hydrogens (tertiary/aromatic N) is 1. The van der Waals surface area contributed by atoms with Crippen LogP contribution in [0.5, 0.6) is 0 Å². The van der Waals surface area contributed by atoms with Gasteiger partial charge in [-0.2, -0.15) is 0 Å². The van der Waals surface area contributed by atoms with Gasteiger partial charge in [-0.1, -0.05) is 47.5 Å². The zero-order valence-corrected chi connectivity index (χ0v) is 16.7. The third-order valence-corrected chi connectivity index (χ3v) is 9.30. The Balaban J connectivity index is 4.14. The van der Waals surface area contributed by atoms with E-state index in [-0.39, 0.29) is 5.97 Å². The van der Waals surface area contributed by atoms with Crippen molar-refractivity contribution >= 4 is 14.3 Å². The van der Waals surface area contributed by atoms with Crippen LogP contribution in [0.15, 0.2) is 0 Å². The number of carbonyl (C=O) groups is 1. The van der Waals surface area contributed by atoms with Crippen LogP contribution in [0.2, 0.25) is 18.1 Å². The molecule has 0 aromatic carbocycles. The molecule has 22 heavy (non-hydrogen) atoms. The highest BCUT2D eigenvalue weighted by molar-refractivity contribution is 6.74. The van der Waals surface area contributed by atoms with Crippen LogP contribution in [0.4, 0.5) is 0 Å². The largest absolute Gasteiger partial charge is 0.519 e. The summed E-state index contributed by atoms with van der Waals surface area (Å²) in [7, 11) is -1.76. The summed E-state index contributed by atoms with van der Waals surface area (Å²) in [5.74, 6) is 0.0446. The lowest BCUT2D eigenvalue weighted by atomic mass is 10.2. The van der Waals surface area contributed by atoms with E-state index in [9.17, 15) is 4.79 Å². The van der Waals surface area contributed by atoms with Crippen LogP contribution in [0, 0.1) is 0 Å². The molecule has 0 atom stereocenters. The molecule has 0 amide bonds. The number of rotatable bonds is 14. The second-order valence-corrected chi connectivity index (χ2v) is 11.1. The van der Waals surface area contributed by atoms with Crippen LogP contribution in [-0.2, 0) is 9.22 Å². The van der Waals surface area contributed by atoms with Gasteiger partial charge in [-0.25, -0.2) is 0 Å². The van der Waals surface area contributed by atoms with Crippen LogP contribution >= 0.6 is 0 Å². The van der Waals surface area contributed by atoms with Gasteiger partial charge in [0.1, 0.15) is 0 Å². The van der Waals surface area contributed by atoms with Gasteiger partial charge in [0.25, 0.3) is 14.3 Å². The molecule has 0 aliphatic carbocycles. The molecule has 0 bridgehead atoms. The molecule has 0 fully saturated rings. The number of hydrogen-bond acceptors (Lipinski definition) is 3. The minimum Gasteiger partial charge on any atom is -0.519 e. The van der Waals surface area contributed by atoms with Gasteiger partial charge in [-0.05, 0) is 57.0 Å². The Hall–Kier alpha value is -0.353. The Labute approximate surface area is 139 Å². The fraction of sp³-hybridized carbons (Fsp3) is 0.944. The normalized spacial score (nSPS) is 11.9. The lowest BCUT2D eigenvalue weighted by Gasteiger charge is -2.28. The highest BCUT2D eigenvalue weighted by Crippen LogP contribution is 2.22. The molecule has 0 saturated carbocycles. The smallest absolute Gasteiger partial charge is 0.292 e. The fourth-order valence-electron chi connectivity index (χ4n) is 2.80. The molecule has 0 radical (unpaired) electrons. The van der Waals surface area contributed by atoms with E-state index < -0.39 is 8.32 Å². The predicted octanol–water partition coefficient (Wildman–Crippen LogP) is 5.22. The summed E-state index contributed by atoms with van der Waals surface area (Å²) in [5.41, 5.74) is 0. The van der Waals surface area contributed by atoms with Gasteiger partial charge in [0.15, 0.2) is 0 Å². The average molecular weight is 330 g/mol. The summed E-state index contributed by atoms with van der Waals surface area (Å²) < 4.78 is 5.91. The highest BCUT2D eigenvalue weighted by atomic mass is 28.4. The Morgan fingerprint density at radius 3 is 1.68 bits per heavy atom. The summed E-state index contributed by atoms with van der Waals surface area (Å²) in [5, 5.41) is 0. The lowest BCUT2D eigenvalue weighted by molar-refractivity contribution is -0.135. The first-order chi connectivity index (χ1) is 10.6. The Bertz CT molecular complexity index is 264. The van der Waals surface area contributed by atoms with E-state index in [0.717, 1.165) is 31.1 Å². The number of unbranched alkanes of at least 4 members (excludes halogenated alkanes) is 2. The summed E-state index contributed by atoms with van der Waals surface area (Å²) in [4.78, 5) is 14.7. The van der Waals surface area contributed by atoms with Crippen molar-refractivity contribution in [3.05, 3.63) is 0 Å². The minimum absolute atomic E-state index is 0.0446. The van der Waals surface area contributed by atoms with Crippen LogP contribution < -0.4 is 0 Å². The van der Waals surface area contributed by atoms with E-state index in [1.807, 2.05) is 0 Å². The van der Waals surface area contributed by atoms with Crippen molar-refractivity contribution in [1.82, 2.24) is 4.90 Å². The minimum atomic E-state index is -1.76. The van der Waals surface area contributed by atoms with Crippen LogP contribution in [0.3, 0.4) is 0 Å². The molecule has 4 heteroatoms. The van der Waals surface area contributed by atoms with Gasteiger partial charge in [0.05, 0.1) is 0 Å². The van der Waals surface area contributed by atoms with E-state index in [4.69, 9.17) is 4.43 Å². The molecule has 0 N–H and O–H groups in total. The molecule has 3 nitrogen and oxygen atoms in total. The molecule has 0 spiro atoms. The molecule has 0 saturated heterocycles. The maximum atomic E-state index is 12.1. The van der Waals surface area contributed by atoms with E-state index in [1.54, 1.807) is 0 Å². The molecule has 0 rings (SSSR count). The van der Waals surface area contributed by atoms with Gasteiger partial charge in [0.2, 0.25) is 0 Å². The predicted molar refractivity (Wildman–Crippen MR) is 98.8 cm³/mol. The van der Waals surface area contributed by atoms with Crippen molar-refractivity contribution in [2.75, 3.05) is 19.6 Å². The molecule has 0 heterocycles. The molecular weight excluding hydrogens is 290 g/mol. The van der Waals surface area contributed by atoms with E-state index in [1.165, 1.54) is 38.8 Å². The lowest BCUT2D eigenvalue weighted by Crippen LogP contribution is -2.38. The van der Waals surface area contributed by atoms with Gasteiger partial charge in [-0.3, -0.25) is 4.79 Å². The van der Waals surface area contributed by atoms with Crippen LogP contribution in [-0.4, -0.2) is 38.8 Å². The van der Waals surface area contributed by atoms with Crippen molar-refractivity contribution in [1.29, 1.82) is 0 Å². The zero-order chi connectivity index (χ0) is 16.8. The second kappa shape index (κ2) is 13.1. The summed E-state index contributed by atoms with van der Waals surface area (Å²) in [6, 6.07) is 3.14. The first-order valence-corrected chi connectivity index (χ1v) is 12.0. The van der Waals surface area contributed by atoms with Gasteiger partial charge in [0, 0.05) is 6.42 Å². The molecule has 0 aromatic heterocycles. The number of carbonyl (C=O) groups excluding carboxylic acids is 1. The molecular formula is C18H39NO2Si. The third-order valence-electron chi connectivity index (χ3n) is 4.77. The average Bonchev–Trinajstić information content (AvgIpc) is 2.54. The Kier molecular flexibility index (Phi) is 12.9. The summed E-state index contributed by atoms with van der Waals surface area (Å²) >= 11 is 0. The fourth-order valence-corrected chi connectivity index (χ4v) is 5.32. The zero-order valence-electron chi connectivity index (χ0n) is 15.7. The Morgan fingerprint density at radius 1 is 0.818 bits per heavy atom. The van der Waals surface area contributed by atoms with E-state index >= 15 is 0 Å². The summed E-state index contributed by atoms with van der Waals surface area (Å²) in [6.07, 6.45) is 6.51. The first-order valence-electron chi connectivity index (χ1n) is 9.51. The molecule has 132 valence electrons. The van der Waals surface area contributed by atoms with Crippen molar-refractivity contribution in [3.8, 4) is 0 Å². The van der Waals surface area contributed by atoms with E-state index in [0.29, 0.717) is 6.42 Å². The van der Waals surface area contributed by atoms with Gasteiger partial charge in [-0.15, -0.1) is 0 Å². The summed E-state index contributed by atoms with van der Waals surface area (Å²) in [6.45, 7) is 14.4. The highest BCUT2D eigenvalue weighted by Gasteiger charge is 2.32. The Morgan fingerprint density at radius 2 is 1.27 bits per heavy atom. The quantitative estimate of drug-likeness (QED) is 0.409. The monoisotopic (exact) mass is 329 g/mol. The van der Waals surface area contributed by atoms with Crippen LogP contribution in [0.25, 0.3) is 0 Å². The molecule has 0 aliphatic heterocycles. The topological polar surface area (TPSA) is 29.5 Å². The third kappa shape index (κ3) is 8.94.